The molecule has 0 N–H and O–H groups in total. The number of carbonyl (C=O) groups excluding carboxylic acids is 5. The Balaban J connectivity index is 2.18. The number of allylic oxidation sites excluding steroid dienone is 1. The molecular weight excluding hydrogens is 508 g/mol. The monoisotopic (exact) mass is 548 g/mol. The van der Waals surface area contributed by atoms with E-state index in [0.717, 1.165) is 5.57 Å². The third-order valence-electron chi connectivity index (χ3n) is 8.40. The van der Waals surface area contributed by atoms with Crippen molar-refractivity contribution in [2.75, 3.05) is 13.7 Å². The van der Waals surface area contributed by atoms with Crippen LogP contribution in [0.5, 0.6) is 0 Å². The highest BCUT2D eigenvalue weighted by Gasteiger charge is 2.72. The average molecular weight is 549 g/mol. The van der Waals surface area contributed by atoms with Gasteiger partial charge in [-0.25, -0.2) is 9.59 Å². The van der Waals surface area contributed by atoms with Crippen molar-refractivity contribution in [3.63, 3.8) is 0 Å². The zero-order chi connectivity index (χ0) is 29.2. The van der Waals surface area contributed by atoms with E-state index >= 15 is 0 Å². The van der Waals surface area contributed by atoms with Crippen LogP contribution in [0.3, 0.4) is 0 Å². The van der Waals surface area contributed by atoms with E-state index in [1.165, 1.54) is 20.1 Å². The second kappa shape index (κ2) is 12.0. The summed E-state index contributed by atoms with van der Waals surface area (Å²) in [6.45, 7) is 14.3. The molecule has 0 aromatic rings. The van der Waals surface area contributed by atoms with E-state index < -0.39 is 77.4 Å². The quantitative estimate of drug-likeness (QED) is 0.132. The smallest absolute Gasteiger partial charge is 0.341 e. The summed E-state index contributed by atoms with van der Waals surface area (Å²) in [5, 5.41) is 0. The summed E-state index contributed by atoms with van der Waals surface area (Å²) in [4.78, 5) is 64.5. The van der Waals surface area contributed by atoms with Crippen molar-refractivity contribution in [2.45, 2.75) is 84.7 Å². The molecule has 0 unspecified atom stereocenters. The molecule has 1 aliphatic heterocycles. The predicted octanol–water partition coefficient (Wildman–Crippen LogP) is 3.11. The Labute approximate surface area is 229 Å². The average Bonchev–Trinajstić information content (AvgIpc) is 3.60. The van der Waals surface area contributed by atoms with Gasteiger partial charge < -0.3 is 23.7 Å². The summed E-state index contributed by atoms with van der Waals surface area (Å²) < 4.78 is 28.2. The highest BCUT2D eigenvalue weighted by atomic mass is 16.6. The van der Waals surface area contributed by atoms with Crippen LogP contribution >= 0.6 is 0 Å². The van der Waals surface area contributed by atoms with Crippen molar-refractivity contribution in [2.24, 2.45) is 29.6 Å². The summed E-state index contributed by atoms with van der Waals surface area (Å²) in [5.41, 5.74) is -0.361. The molecule has 0 amide bonds. The first-order valence-corrected chi connectivity index (χ1v) is 13.5. The number of hydrogen-bond acceptors (Lipinski definition) is 10. The molecule has 10 nitrogen and oxygen atoms in total. The molecule has 39 heavy (non-hydrogen) atoms. The van der Waals surface area contributed by atoms with Crippen LogP contribution in [0, 0.1) is 29.6 Å². The van der Waals surface area contributed by atoms with E-state index in [-0.39, 0.29) is 18.8 Å². The molecule has 0 bridgehead atoms. The Kier molecular flexibility index (Phi) is 9.41. The highest BCUT2D eigenvalue weighted by molar-refractivity contribution is 5.88. The largest absolute Gasteiger partial charge is 0.467 e. The Morgan fingerprint density at radius 2 is 1.79 bits per heavy atom. The second-order valence-corrected chi connectivity index (χ2v) is 10.9. The molecule has 3 fully saturated rings. The first-order valence-electron chi connectivity index (χ1n) is 13.5. The van der Waals surface area contributed by atoms with Gasteiger partial charge in [-0.05, 0) is 44.1 Å². The second-order valence-electron chi connectivity index (χ2n) is 10.9. The van der Waals surface area contributed by atoms with Crippen molar-refractivity contribution >= 4 is 29.7 Å². The number of ether oxygens (including phenoxy) is 5. The number of hydrogen-bond donors (Lipinski definition) is 0. The van der Waals surface area contributed by atoms with E-state index in [2.05, 4.69) is 6.58 Å². The van der Waals surface area contributed by atoms with Crippen LogP contribution < -0.4 is 0 Å². The minimum Gasteiger partial charge on any atom is -0.467 e. The molecule has 216 valence electrons. The van der Waals surface area contributed by atoms with Gasteiger partial charge in [-0.1, -0.05) is 32.9 Å². The third-order valence-corrected chi connectivity index (χ3v) is 8.40. The normalized spacial score (nSPS) is 33.5. The third kappa shape index (κ3) is 5.95. The van der Waals surface area contributed by atoms with E-state index in [1.807, 2.05) is 13.8 Å². The van der Waals surface area contributed by atoms with Crippen molar-refractivity contribution < 1.29 is 47.7 Å². The fourth-order valence-corrected chi connectivity index (χ4v) is 5.98. The van der Waals surface area contributed by atoms with Gasteiger partial charge in [-0.2, -0.15) is 0 Å². The molecule has 9 atom stereocenters. The molecule has 10 heteroatoms. The fraction of sp³-hybridized carbons (Fsp3) is 0.690. The summed E-state index contributed by atoms with van der Waals surface area (Å²) >= 11 is 0. The van der Waals surface area contributed by atoms with E-state index in [4.69, 9.17) is 23.7 Å². The maximum absolute atomic E-state index is 13.4. The maximum Gasteiger partial charge on any atom is 0.341 e. The zero-order valence-electron chi connectivity index (χ0n) is 23.8. The van der Waals surface area contributed by atoms with Gasteiger partial charge in [-0.3, -0.25) is 14.4 Å². The van der Waals surface area contributed by atoms with Gasteiger partial charge in [0.25, 0.3) is 0 Å². The fourth-order valence-electron chi connectivity index (χ4n) is 5.98. The number of carbonyl (C=O) groups is 5. The molecule has 2 aliphatic carbocycles. The SMILES string of the molecule is C=C1[C@H]2CC(=O)[C@@H]([C@H](C)OC(C)=O)[C@H]2[C@@H]([C@@]2(C(=O)OC)CO2)[C@@H](OC(=O)C=C(C)CC)[C@@H]1OC(=O)[C@H](C)CC. The predicted molar refractivity (Wildman–Crippen MR) is 138 cm³/mol. The number of ketones is 1. The van der Waals surface area contributed by atoms with Gasteiger partial charge in [0.1, 0.15) is 18.0 Å². The minimum atomic E-state index is -1.54. The first kappa shape index (κ1) is 30.5. The Bertz CT molecular complexity index is 1050. The highest BCUT2D eigenvalue weighted by Crippen LogP contribution is 2.58. The van der Waals surface area contributed by atoms with Crippen molar-refractivity contribution in [1.82, 2.24) is 0 Å². The van der Waals surface area contributed by atoms with Crippen LogP contribution in [0.2, 0.25) is 0 Å². The van der Waals surface area contributed by atoms with E-state index in [1.54, 1.807) is 20.8 Å². The van der Waals surface area contributed by atoms with Gasteiger partial charge in [0.2, 0.25) is 0 Å². The number of fused-ring (bicyclic) bond motifs is 1. The maximum atomic E-state index is 13.4. The summed E-state index contributed by atoms with van der Waals surface area (Å²) in [6, 6.07) is 0. The number of epoxide rings is 1. The molecule has 0 spiro atoms. The van der Waals surface area contributed by atoms with E-state index in [0.29, 0.717) is 18.4 Å². The van der Waals surface area contributed by atoms with Crippen molar-refractivity contribution in [3.8, 4) is 0 Å². The van der Waals surface area contributed by atoms with Crippen molar-refractivity contribution in [3.05, 3.63) is 23.8 Å². The summed E-state index contributed by atoms with van der Waals surface area (Å²) in [5.74, 6) is -6.04. The number of Topliss-reactive ketones (excluding diaryl/α,β-unsaturated/α-hetero) is 1. The molecular formula is C29H40O10. The topological polar surface area (TPSA) is 135 Å². The molecule has 3 aliphatic rings. The molecule has 0 aromatic carbocycles. The Morgan fingerprint density at radius 1 is 1.15 bits per heavy atom. The number of methoxy groups -OCH3 is 1. The Morgan fingerprint density at radius 3 is 2.31 bits per heavy atom. The molecule has 3 rings (SSSR count). The van der Waals surface area contributed by atoms with E-state index in [9.17, 15) is 24.0 Å². The standard InChI is InChI=1S/C29H40O10/c1-9-14(3)11-21(32)38-26-24(29(13-36-29)28(34)35-8)23-19(12-20(31)22(23)17(6)37-18(7)30)16(5)25(26)39-27(33)15(4)10-2/h11,15,17,19,22-26H,5,9-10,12-13H2,1-4,6-8H3/t15-,17+,19-,22-,23+,24-,25-,26-,29-/m1/s1. The molecule has 1 heterocycles. The Hall–Kier alpha value is -3.01. The van der Waals surface area contributed by atoms with Crippen LogP contribution in [-0.4, -0.2) is 67.3 Å². The van der Waals surface area contributed by atoms with Crippen LogP contribution in [0.25, 0.3) is 0 Å². The first-order chi connectivity index (χ1) is 18.3. The van der Waals surface area contributed by atoms with Gasteiger partial charge in [0, 0.05) is 25.3 Å². The minimum absolute atomic E-state index is 0.0349. The number of esters is 4. The summed E-state index contributed by atoms with van der Waals surface area (Å²) in [6.07, 6.45) is -0.647. The zero-order valence-corrected chi connectivity index (χ0v) is 23.8. The molecule has 0 aromatic heterocycles. The van der Waals surface area contributed by atoms with Crippen LogP contribution in [0.4, 0.5) is 0 Å². The van der Waals surface area contributed by atoms with Gasteiger partial charge >= 0.3 is 23.9 Å². The lowest BCUT2D eigenvalue weighted by Crippen LogP contribution is -2.59. The lowest BCUT2D eigenvalue weighted by Gasteiger charge is -2.48. The lowest BCUT2D eigenvalue weighted by atomic mass is 9.61. The van der Waals surface area contributed by atoms with Gasteiger partial charge in [0.15, 0.2) is 11.7 Å². The molecule has 2 saturated carbocycles. The van der Waals surface area contributed by atoms with Gasteiger partial charge in [0.05, 0.1) is 25.6 Å². The molecule has 1 saturated heterocycles. The summed E-state index contributed by atoms with van der Waals surface area (Å²) in [7, 11) is 1.22. The van der Waals surface area contributed by atoms with Crippen LogP contribution in [-0.2, 0) is 47.7 Å². The van der Waals surface area contributed by atoms with Gasteiger partial charge in [-0.15, -0.1) is 0 Å². The van der Waals surface area contributed by atoms with Crippen LogP contribution in [0.1, 0.15) is 60.8 Å². The van der Waals surface area contributed by atoms with Crippen molar-refractivity contribution in [1.29, 1.82) is 0 Å². The molecule has 0 radical (unpaired) electrons. The number of rotatable bonds is 10. The van der Waals surface area contributed by atoms with Crippen LogP contribution in [0.15, 0.2) is 23.8 Å². The lowest BCUT2D eigenvalue weighted by molar-refractivity contribution is -0.187.